The maximum atomic E-state index is 12.8. The molecule has 1 aromatic heterocycles. The van der Waals surface area contributed by atoms with Crippen molar-refractivity contribution >= 4 is 11.4 Å². The molecule has 0 fully saturated rings. The number of halogens is 1. The number of allylic oxidation sites excluding steroid dienone is 1. The maximum Gasteiger partial charge on any atom is 0.142 e. The Labute approximate surface area is 77.5 Å². The van der Waals surface area contributed by atoms with Gasteiger partial charge in [0.1, 0.15) is 11.6 Å². The lowest BCUT2D eigenvalue weighted by atomic mass is 10.1. The molecule has 1 aromatic rings. The molecule has 1 N–H and O–H groups in total. The average Bonchev–Trinajstić information content (AvgIpc) is 2.16. The van der Waals surface area contributed by atoms with E-state index in [0.29, 0.717) is 5.82 Å². The molecule has 70 valence electrons. The summed E-state index contributed by atoms with van der Waals surface area (Å²) < 4.78 is 12.8. The molecule has 0 aliphatic carbocycles. The summed E-state index contributed by atoms with van der Waals surface area (Å²) in [6, 6.07) is 1.45. The van der Waals surface area contributed by atoms with Crippen molar-refractivity contribution in [2.24, 2.45) is 0 Å². The first-order valence-electron chi connectivity index (χ1n) is 4.20. The highest BCUT2D eigenvalue weighted by Crippen LogP contribution is 2.22. The van der Waals surface area contributed by atoms with E-state index in [0.717, 1.165) is 17.6 Å². The first-order valence-corrected chi connectivity index (χ1v) is 4.20. The molecule has 0 saturated carbocycles. The van der Waals surface area contributed by atoms with Crippen LogP contribution in [0.5, 0.6) is 0 Å². The van der Waals surface area contributed by atoms with Gasteiger partial charge in [0.15, 0.2) is 0 Å². The first-order chi connectivity index (χ1) is 6.19. The van der Waals surface area contributed by atoms with Gasteiger partial charge in [0.05, 0.1) is 6.20 Å². The molecule has 0 radical (unpaired) electrons. The topological polar surface area (TPSA) is 24.9 Å². The minimum atomic E-state index is -0.330. The lowest BCUT2D eigenvalue weighted by Crippen LogP contribution is -1.98. The highest BCUT2D eigenvalue weighted by atomic mass is 19.1. The molecule has 1 heterocycles. The highest BCUT2D eigenvalue weighted by molar-refractivity contribution is 5.72. The number of pyridine rings is 1. The van der Waals surface area contributed by atoms with Crippen LogP contribution in [0.2, 0.25) is 0 Å². The summed E-state index contributed by atoms with van der Waals surface area (Å²) in [5.41, 5.74) is 1.64. The van der Waals surface area contributed by atoms with Crippen LogP contribution in [0, 0.1) is 5.82 Å². The van der Waals surface area contributed by atoms with Crippen LogP contribution < -0.4 is 5.32 Å². The van der Waals surface area contributed by atoms with Crippen LogP contribution in [0.15, 0.2) is 18.8 Å². The molecular formula is C10H13FN2. The van der Waals surface area contributed by atoms with Gasteiger partial charge in [0.2, 0.25) is 0 Å². The van der Waals surface area contributed by atoms with Gasteiger partial charge < -0.3 is 5.32 Å². The molecule has 13 heavy (non-hydrogen) atoms. The van der Waals surface area contributed by atoms with Gasteiger partial charge in [-0.25, -0.2) is 9.37 Å². The molecule has 0 saturated heterocycles. The number of nitrogens with zero attached hydrogens (tertiary/aromatic N) is 1. The zero-order chi connectivity index (χ0) is 9.84. The third kappa shape index (κ3) is 2.05. The van der Waals surface area contributed by atoms with Gasteiger partial charge in [-0.2, -0.15) is 0 Å². The second-order valence-corrected chi connectivity index (χ2v) is 2.76. The van der Waals surface area contributed by atoms with Gasteiger partial charge in [0, 0.05) is 12.6 Å². The fourth-order valence-electron chi connectivity index (χ4n) is 1.10. The third-order valence-corrected chi connectivity index (χ3v) is 1.90. The Morgan fingerprint density at radius 2 is 2.38 bits per heavy atom. The molecule has 0 aromatic carbocycles. The van der Waals surface area contributed by atoms with E-state index < -0.39 is 0 Å². The normalized spacial score (nSPS) is 9.77. The number of nitrogens with one attached hydrogen (secondary N) is 1. The summed E-state index contributed by atoms with van der Waals surface area (Å²) >= 11 is 0. The van der Waals surface area contributed by atoms with Crippen molar-refractivity contribution in [3.8, 4) is 0 Å². The summed E-state index contributed by atoms with van der Waals surface area (Å²) in [5.74, 6) is 0.344. The molecule has 3 heteroatoms. The Balaban J connectivity index is 3.15. The van der Waals surface area contributed by atoms with Crippen LogP contribution in [0.3, 0.4) is 0 Å². The van der Waals surface area contributed by atoms with Crippen LogP contribution in [0.25, 0.3) is 5.57 Å². The van der Waals surface area contributed by atoms with Crippen molar-refractivity contribution in [2.75, 3.05) is 12.4 Å². The molecule has 0 aliphatic rings. The first kappa shape index (κ1) is 9.71. The highest BCUT2D eigenvalue weighted by Gasteiger charge is 2.05. The van der Waals surface area contributed by atoms with E-state index in [1.165, 1.54) is 12.3 Å². The predicted octanol–water partition coefficient (Wildman–Crippen LogP) is 2.69. The van der Waals surface area contributed by atoms with E-state index in [1.807, 2.05) is 6.92 Å². The smallest absolute Gasteiger partial charge is 0.142 e. The van der Waals surface area contributed by atoms with Gasteiger partial charge in [-0.3, -0.25) is 0 Å². The van der Waals surface area contributed by atoms with Crippen LogP contribution in [0.4, 0.5) is 10.2 Å². The Hall–Kier alpha value is -1.38. The fourth-order valence-corrected chi connectivity index (χ4v) is 1.10. The summed E-state index contributed by atoms with van der Waals surface area (Å²) in [4.78, 5) is 3.92. The molecule has 2 nitrogen and oxygen atoms in total. The van der Waals surface area contributed by atoms with Gasteiger partial charge in [-0.1, -0.05) is 13.5 Å². The number of rotatable bonds is 3. The monoisotopic (exact) mass is 180 g/mol. The minimum absolute atomic E-state index is 0.330. The number of aromatic nitrogens is 1. The Kier molecular flexibility index (Phi) is 3.01. The Bertz CT molecular complexity index is 321. The summed E-state index contributed by atoms with van der Waals surface area (Å²) in [5, 5.41) is 2.90. The fraction of sp³-hybridized carbons (Fsp3) is 0.300. The van der Waals surface area contributed by atoms with Crippen molar-refractivity contribution in [1.82, 2.24) is 4.98 Å². The Morgan fingerprint density at radius 1 is 1.69 bits per heavy atom. The van der Waals surface area contributed by atoms with Crippen molar-refractivity contribution in [2.45, 2.75) is 13.3 Å². The zero-order valence-corrected chi connectivity index (χ0v) is 7.89. The van der Waals surface area contributed by atoms with Crippen molar-refractivity contribution in [1.29, 1.82) is 0 Å². The van der Waals surface area contributed by atoms with Crippen LogP contribution in [-0.4, -0.2) is 12.0 Å². The van der Waals surface area contributed by atoms with E-state index >= 15 is 0 Å². The lowest BCUT2D eigenvalue weighted by Gasteiger charge is -2.08. The minimum Gasteiger partial charge on any atom is -0.373 e. The number of hydrogen-bond donors (Lipinski definition) is 1. The SMILES string of the molecule is C=C(CC)c1cc(F)cnc1NC. The quantitative estimate of drug-likeness (QED) is 0.773. The predicted molar refractivity (Wildman–Crippen MR) is 53.1 cm³/mol. The van der Waals surface area contributed by atoms with E-state index in [2.05, 4.69) is 16.9 Å². The molecule has 0 unspecified atom stereocenters. The van der Waals surface area contributed by atoms with Gasteiger partial charge >= 0.3 is 0 Å². The average molecular weight is 180 g/mol. The van der Waals surface area contributed by atoms with E-state index in [9.17, 15) is 4.39 Å². The molecule has 0 bridgehead atoms. The molecule has 1 rings (SSSR count). The van der Waals surface area contributed by atoms with E-state index in [-0.39, 0.29) is 5.82 Å². The van der Waals surface area contributed by atoms with Crippen molar-refractivity contribution in [3.63, 3.8) is 0 Å². The lowest BCUT2D eigenvalue weighted by molar-refractivity contribution is 0.621. The van der Waals surface area contributed by atoms with Gasteiger partial charge in [-0.15, -0.1) is 0 Å². The number of hydrogen-bond acceptors (Lipinski definition) is 2. The summed E-state index contributed by atoms with van der Waals surface area (Å²) in [6.45, 7) is 5.83. The second kappa shape index (κ2) is 4.03. The molecule has 0 spiro atoms. The maximum absolute atomic E-state index is 12.8. The molecule has 0 atom stereocenters. The van der Waals surface area contributed by atoms with Crippen LogP contribution in [0.1, 0.15) is 18.9 Å². The number of anilines is 1. The van der Waals surface area contributed by atoms with Crippen molar-refractivity contribution < 1.29 is 4.39 Å². The largest absolute Gasteiger partial charge is 0.373 e. The third-order valence-electron chi connectivity index (χ3n) is 1.90. The molecule has 0 amide bonds. The standard InChI is InChI=1S/C10H13FN2/c1-4-7(2)9-5-8(11)6-13-10(9)12-3/h5-6H,2,4H2,1,3H3,(H,12,13). The second-order valence-electron chi connectivity index (χ2n) is 2.76. The molecular weight excluding hydrogens is 167 g/mol. The Morgan fingerprint density at radius 3 is 2.92 bits per heavy atom. The molecule has 0 aliphatic heterocycles. The zero-order valence-electron chi connectivity index (χ0n) is 7.89. The van der Waals surface area contributed by atoms with E-state index in [1.54, 1.807) is 7.05 Å². The van der Waals surface area contributed by atoms with Crippen LogP contribution in [-0.2, 0) is 0 Å². The van der Waals surface area contributed by atoms with Gasteiger partial charge in [0.25, 0.3) is 0 Å². The van der Waals surface area contributed by atoms with Crippen molar-refractivity contribution in [3.05, 3.63) is 30.2 Å². The van der Waals surface area contributed by atoms with E-state index in [4.69, 9.17) is 0 Å². The van der Waals surface area contributed by atoms with Crippen LogP contribution >= 0.6 is 0 Å². The van der Waals surface area contributed by atoms with Gasteiger partial charge in [-0.05, 0) is 18.1 Å². The summed E-state index contributed by atoms with van der Waals surface area (Å²) in [6.07, 6.45) is 1.98. The summed E-state index contributed by atoms with van der Waals surface area (Å²) in [7, 11) is 1.76.